The van der Waals surface area contributed by atoms with E-state index in [2.05, 4.69) is 43.5 Å². The number of rotatable bonds is 60. The van der Waals surface area contributed by atoms with Crippen LogP contribution in [0.4, 0.5) is 0 Å². The average Bonchev–Trinajstić information content (AvgIpc) is 3.38. The Morgan fingerprint density at radius 2 is 0.694 bits per heavy atom. The Hall–Kier alpha value is -1.92. The molecule has 0 saturated heterocycles. The minimum atomic E-state index is -0.842. The van der Waals surface area contributed by atoms with E-state index in [1.807, 2.05) is 6.08 Å². The first-order valence-electron chi connectivity index (χ1n) is 32.3. The lowest BCUT2D eigenvalue weighted by atomic mass is 10.0. The monoisotopic (exact) mass is 1010 g/mol. The summed E-state index contributed by atoms with van der Waals surface area (Å²) in [5.74, 6) is -0.0534. The molecule has 0 rings (SSSR count). The van der Waals surface area contributed by atoms with Gasteiger partial charge in [-0.25, -0.2) is 0 Å². The van der Waals surface area contributed by atoms with Crippen molar-refractivity contribution >= 4 is 11.9 Å². The third kappa shape index (κ3) is 57.4. The highest BCUT2D eigenvalue weighted by Crippen LogP contribution is 2.17. The van der Waals surface area contributed by atoms with Crippen LogP contribution in [0.2, 0.25) is 0 Å². The van der Waals surface area contributed by atoms with Crippen LogP contribution in [0.25, 0.3) is 0 Å². The van der Waals surface area contributed by atoms with Crippen LogP contribution in [-0.4, -0.2) is 47.4 Å². The maximum atomic E-state index is 12.4. The van der Waals surface area contributed by atoms with Crippen molar-refractivity contribution in [3.8, 4) is 0 Å². The van der Waals surface area contributed by atoms with Crippen molar-refractivity contribution in [2.75, 3.05) is 13.2 Å². The molecule has 0 fully saturated rings. The molecule has 2 atom stereocenters. The standard InChI is InChI=1S/C66H125NO5/c1-3-5-7-9-11-13-15-35-40-44-48-52-56-60-66(71)72-61-57-53-49-45-41-37-34-32-30-28-26-24-22-20-18-16-17-19-21-23-25-27-29-31-33-36-39-43-47-51-55-59-65(70)67-63(62-68)64(69)58-54-50-46-42-38-14-12-10-8-6-4-2/h18,20,24,26,54,58,63-64,68-69H,3-17,19,21-23,25,27-53,55-57,59-62H2,1-2H3,(H,67,70)/b20-18-,26-24-,58-54+. The molecular weight excluding hydrogens is 887 g/mol. The molecule has 0 saturated carbocycles. The summed E-state index contributed by atoms with van der Waals surface area (Å²) < 4.78 is 5.48. The Morgan fingerprint density at radius 1 is 0.389 bits per heavy atom. The molecule has 0 aliphatic rings. The molecule has 0 bridgehead atoms. The van der Waals surface area contributed by atoms with E-state index >= 15 is 0 Å². The number of allylic oxidation sites excluding steroid dienone is 5. The first-order chi connectivity index (χ1) is 35.5. The molecule has 0 aliphatic carbocycles. The van der Waals surface area contributed by atoms with Gasteiger partial charge in [0, 0.05) is 12.8 Å². The number of carbonyl (C=O) groups excluding carboxylic acids is 2. The molecule has 0 spiro atoms. The lowest BCUT2D eigenvalue weighted by Gasteiger charge is -2.20. The van der Waals surface area contributed by atoms with Gasteiger partial charge in [-0.05, 0) is 64.2 Å². The third-order valence-corrected chi connectivity index (χ3v) is 14.9. The zero-order valence-corrected chi connectivity index (χ0v) is 48.4. The van der Waals surface area contributed by atoms with Gasteiger partial charge in [0.1, 0.15) is 0 Å². The van der Waals surface area contributed by atoms with Crippen molar-refractivity contribution in [2.45, 2.75) is 360 Å². The molecule has 72 heavy (non-hydrogen) atoms. The van der Waals surface area contributed by atoms with Crippen LogP contribution in [0.1, 0.15) is 348 Å². The van der Waals surface area contributed by atoms with Crippen LogP contribution < -0.4 is 5.32 Å². The Balaban J connectivity index is 3.39. The Morgan fingerprint density at radius 3 is 1.06 bits per heavy atom. The molecular formula is C66H125NO5. The van der Waals surface area contributed by atoms with Gasteiger partial charge in [-0.3, -0.25) is 9.59 Å². The van der Waals surface area contributed by atoms with Crippen molar-refractivity contribution < 1.29 is 24.5 Å². The smallest absolute Gasteiger partial charge is 0.305 e. The summed E-state index contributed by atoms with van der Waals surface area (Å²) in [6.07, 6.45) is 77.8. The van der Waals surface area contributed by atoms with Gasteiger partial charge in [-0.2, -0.15) is 0 Å². The number of esters is 1. The van der Waals surface area contributed by atoms with Crippen molar-refractivity contribution in [2.24, 2.45) is 0 Å². The fraction of sp³-hybridized carbons (Fsp3) is 0.879. The number of hydrogen-bond acceptors (Lipinski definition) is 5. The lowest BCUT2D eigenvalue weighted by Crippen LogP contribution is -2.45. The maximum Gasteiger partial charge on any atom is 0.305 e. The van der Waals surface area contributed by atoms with E-state index in [-0.39, 0.29) is 18.5 Å². The molecule has 0 radical (unpaired) electrons. The second kappa shape index (κ2) is 61.6. The molecule has 1 amide bonds. The van der Waals surface area contributed by atoms with Crippen LogP contribution in [-0.2, 0) is 14.3 Å². The fourth-order valence-electron chi connectivity index (χ4n) is 9.96. The predicted molar refractivity (Wildman–Crippen MR) is 315 cm³/mol. The van der Waals surface area contributed by atoms with Gasteiger partial charge in [-0.1, -0.05) is 307 Å². The maximum absolute atomic E-state index is 12.4. The van der Waals surface area contributed by atoms with Gasteiger partial charge < -0.3 is 20.3 Å². The van der Waals surface area contributed by atoms with Gasteiger partial charge in [0.2, 0.25) is 5.91 Å². The van der Waals surface area contributed by atoms with Crippen molar-refractivity contribution in [1.29, 1.82) is 0 Å². The van der Waals surface area contributed by atoms with E-state index in [1.54, 1.807) is 6.08 Å². The number of aliphatic hydroxyl groups is 2. The summed E-state index contributed by atoms with van der Waals surface area (Å²) in [4.78, 5) is 24.5. The largest absolute Gasteiger partial charge is 0.466 e. The zero-order valence-electron chi connectivity index (χ0n) is 48.4. The van der Waals surface area contributed by atoms with E-state index in [4.69, 9.17) is 4.74 Å². The van der Waals surface area contributed by atoms with Crippen LogP contribution >= 0.6 is 0 Å². The Bertz CT molecular complexity index is 1170. The molecule has 424 valence electrons. The predicted octanol–water partition coefficient (Wildman–Crippen LogP) is 20.4. The van der Waals surface area contributed by atoms with Crippen LogP contribution in [0.5, 0.6) is 0 Å². The average molecular weight is 1010 g/mol. The van der Waals surface area contributed by atoms with Gasteiger partial charge in [-0.15, -0.1) is 0 Å². The van der Waals surface area contributed by atoms with E-state index in [0.717, 1.165) is 44.9 Å². The van der Waals surface area contributed by atoms with Crippen LogP contribution in [0.15, 0.2) is 36.5 Å². The summed E-state index contributed by atoms with van der Waals surface area (Å²) in [7, 11) is 0. The second-order valence-electron chi connectivity index (χ2n) is 22.1. The molecule has 3 N–H and O–H groups in total. The Kier molecular flexibility index (Phi) is 60.0. The van der Waals surface area contributed by atoms with Gasteiger partial charge in [0.15, 0.2) is 0 Å². The normalized spacial score (nSPS) is 12.8. The second-order valence-corrected chi connectivity index (χ2v) is 22.1. The molecule has 0 heterocycles. The topological polar surface area (TPSA) is 95.9 Å². The summed E-state index contributed by atoms with van der Waals surface area (Å²) in [5, 5.41) is 23.0. The number of hydrogen-bond donors (Lipinski definition) is 3. The van der Waals surface area contributed by atoms with Crippen LogP contribution in [0, 0.1) is 0 Å². The minimum Gasteiger partial charge on any atom is -0.466 e. The van der Waals surface area contributed by atoms with Crippen molar-refractivity contribution in [3.63, 3.8) is 0 Å². The first kappa shape index (κ1) is 70.1. The van der Waals surface area contributed by atoms with E-state index in [1.165, 1.54) is 276 Å². The van der Waals surface area contributed by atoms with Gasteiger partial charge in [0.25, 0.3) is 0 Å². The lowest BCUT2D eigenvalue weighted by molar-refractivity contribution is -0.143. The number of carbonyl (C=O) groups is 2. The van der Waals surface area contributed by atoms with E-state index in [9.17, 15) is 19.8 Å². The molecule has 6 heteroatoms. The summed E-state index contributed by atoms with van der Waals surface area (Å²) in [6, 6.07) is -0.626. The highest BCUT2D eigenvalue weighted by atomic mass is 16.5. The third-order valence-electron chi connectivity index (χ3n) is 14.9. The van der Waals surface area contributed by atoms with Crippen molar-refractivity contribution in [3.05, 3.63) is 36.5 Å². The molecule has 6 nitrogen and oxygen atoms in total. The number of unbranched alkanes of at least 4 members (excludes halogenated alkanes) is 45. The van der Waals surface area contributed by atoms with Gasteiger partial charge >= 0.3 is 5.97 Å². The Labute approximate surface area is 449 Å². The van der Waals surface area contributed by atoms with E-state index < -0.39 is 12.1 Å². The number of aliphatic hydroxyl groups excluding tert-OH is 2. The molecule has 0 aromatic heterocycles. The van der Waals surface area contributed by atoms with Gasteiger partial charge in [0.05, 0.1) is 25.4 Å². The molecule has 0 aromatic carbocycles. The summed E-state index contributed by atoms with van der Waals surface area (Å²) >= 11 is 0. The molecule has 0 aliphatic heterocycles. The van der Waals surface area contributed by atoms with Crippen molar-refractivity contribution in [1.82, 2.24) is 5.32 Å². The minimum absolute atomic E-state index is 0.0144. The first-order valence-corrected chi connectivity index (χ1v) is 32.3. The molecule has 0 aromatic rings. The summed E-state index contributed by atoms with van der Waals surface area (Å²) in [6.45, 7) is 4.90. The summed E-state index contributed by atoms with van der Waals surface area (Å²) in [5.41, 5.74) is 0. The number of amides is 1. The highest BCUT2D eigenvalue weighted by Gasteiger charge is 2.18. The molecule has 2 unspecified atom stereocenters. The highest BCUT2D eigenvalue weighted by molar-refractivity contribution is 5.76. The number of nitrogens with one attached hydrogen (secondary N) is 1. The number of ether oxygens (including phenoxy) is 1. The zero-order chi connectivity index (χ0) is 52.2. The van der Waals surface area contributed by atoms with E-state index in [0.29, 0.717) is 19.4 Å². The van der Waals surface area contributed by atoms with Crippen LogP contribution in [0.3, 0.4) is 0 Å². The SMILES string of the molecule is CCCCCCCCCCC/C=C/C(O)C(CO)NC(=O)CCCCCCCCCCCCCCCCC/C=C\C/C=C\CCCCCCCCCCCOC(=O)CCCCCCCCCCCCCCC. The quantitative estimate of drug-likeness (QED) is 0.0320. The fourth-order valence-corrected chi connectivity index (χ4v) is 9.96.